The van der Waals surface area contributed by atoms with Crippen molar-refractivity contribution < 1.29 is 14.3 Å². The maximum Gasteiger partial charge on any atom is 0.263 e. The fourth-order valence-electron chi connectivity index (χ4n) is 4.35. The molecule has 0 bridgehead atoms. The van der Waals surface area contributed by atoms with Crippen molar-refractivity contribution in [3.63, 3.8) is 0 Å². The minimum Gasteiger partial charge on any atom is -0.494 e. The monoisotopic (exact) mass is 474 g/mol. The average Bonchev–Trinajstić information content (AvgIpc) is 2.86. The van der Waals surface area contributed by atoms with E-state index in [9.17, 15) is 4.79 Å². The van der Waals surface area contributed by atoms with Crippen molar-refractivity contribution in [2.75, 3.05) is 37.7 Å². The summed E-state index contributed by atoms with van der Waals surface area (Å²) >= 11 is 0. The average molecular weight is 475 g/mol. The lowest BCUT2D eigenvalue weighted by atomic mass is 9.99. The second-order valence-electron chi connectivity index (χ2n) is 9.01. The summed E-state index contributed by atoms with van der Waals surface area (Å²) in [6.45, 7) is 13.3. The molecule has 1 amide bonds. The molecule has 1 aliphatic heterocycles. The highest BCUT2D eigenvalue weighted by atomic mass is 16.5. The zero-order chi connectivity index (χ0) is 24.9. The summed E-state index contributed by atoms with van der Waals surface area (Å²) in [6.07, 6.45) is -0.571. The van der Waals surface area contributed by atoms with E-state index >= 15 is 0 Å². The summed E-state index contributed by atoms with van der Waals surface area (Å²) in [6, 6.07) is 15.8. The molecule has 7 nitrogen and oxygen atoms in total. The number of nitrogens with zero attached hydrogens (tertiary/aromatic N) is 4. The first-order chi connectivity index (χ1) is 16.9. The lowest BCUT2D eigenvalue weighted by molar-refractivity contribution is -0.138. The van der Waals surface area contributed by atoms with Gasteiger partial charge in [0.05, 0.1) is 12.3 Å². The molecule has 7 heteroatoms. The number of aromatic nitrogens is 2. The highest BCUT2D eigenvalue weighted by Crippen LogP contribution is 2.26. The van der Waals surface area contributed by atoms with Crippen LogP contribution in [-0.4, -0.2) is 59.9 Å². The Kier molecular flexibility index (Phi) is 7.54. The molecule has 1 fully saturated rings. The van der Waals surface area contributed by atoms with Crippen LogP contribution in [0.4, 0.5) is 5.82 Å². The third-order valence-corrected chi connectivity index (χ3v) is 6.46. The predicted octanol–water partition coefficient (Wildman–Crippen LogP) is 4.58. The van der Waals surface area contributed by atoms with Crippen LogP contribution in [-0.2, 0) is 4.79 Å². The van der Waals surface area contributed by atoms with Crippen LogP contribution >= 0.6 is 0 Å². The van der Waals surface area contributed by atoms with Gasteiger partial charge >= 0.3 is 0 Å². The summed E-state index contributed by atoms with van der Waals surface area (Å²) in [5.41, 5.74) is 5.72. The molecule has 184 valence electrons. The number of benzene rings is 2. The Morgan fingerprint density at radius 1 is 0.914 bits per heavy atom. The van der Waals surface area contributed by atoms with Gasteiger partial charge in [-0.15, -0.1) is 10.2 Å². The van der Waals surface area contributed by atoms with Crippen LogP contribution in [0, 0.1) is 20.8 Å². The smallest absolute Gasteiger partial charge is 0.263 e. The highest BCUT2D eigenvalue weighted by Gasteiger charge is 2.27. The number of ether oxygens (including phenoxy) is 2. The highest BCUT2D eigenvalue weighted by molar-refractivity contribution is 5.81. The summed E-state index contributed by atoms with van der Waals surface area (Å²) in [4.78, 5) is 17.0. The van der Waals surface area contributed by atoms with Gasteiger partial charge in [-0.2, -0.15) is 0 Å². The molecular weight excluding hydrogens is 440 g/mol. The Labute approximate surface area is 207 Å². The maximum absolute atomic E-state index is 13.0. The van der Waals surface area contributed by atoms with Crippen molar-refractivity contribution in [3.8, 4) is 22.8 Å². The number of aryl methyl sites for hydroxylation is 3. The fourth-order valence-corrected chi connectivity index (χ4v) is 4.35. The topological polar surface area (TPSA) is 67.8 Å². The van der Waals surface area contributed by atoms with Crippen LogP contribution < -0.4 is 14.4 Å². The van der Waals surface area contributed by atoms with Crippen LogP contribution in [0.2, 0.25) is 0 Å². The van der Waals surface area contributed by atoms with Crippen molar-refractivity contribution in [3.05, 3.63) is 65.2 Å². The van der Waals surface area contributed by atoms with Crippen molar-refractivity contribution in [1.82, 2.24) is 15.1 Å². The molecule has 0 spiro atoms. The lowest BCUT2D eigenvalue weighted by Gasteiger charge is -2.36. The summed E-state index contributed by atoms with van der Waals surface area (Å²) in [7, 11) is 0. The Hall–Kier alpha value is -3.61. The first kappa shape index (κ1) is 24.5. The predicted molar refractivity (Wildman–Crippen MR) is 138 cm³/mol. The van der Waals surface area contributed by atoms with E-state index in [1.54, 1.807) is 6.92 Å². The second-order valence-corrected chi connectivity index (χ2v) is 9.01. The van der Waals surface area contributed by atoms with Gasteiger partial charge in [0, 0.05) is 37.8 Å². The van der Waals surface area contributed by atoms with Gasteiger partial charge in [-0.3, -0.25) is 4.79 Å². The number of piperazine rings is 1. The molecule has 0 radical (unpaired) electrons. The molecule has 1 unspecified atom stereocenters. The normalized spacial score (nSPS) is 14.5. The molecule has 35 heavy (non-hydrogen) atoms. The van der Waals surface area contributed by atoms with Crippen LogP contribution in [0.1, 0.15) is 30.5 Å². The second kappa shape index (κ2) is 10.8. The van der Waals surface area contributed by atoms with E-state index in [1.165, 1.54) is 16.7 Å². The molecule has 1 saturated heterocycles. The number of rotatable bonds is 7. The third kappa shape index (κ3) is 5.73. The number of hydrogen-bond acceptors (Lipinski definition) is 6. The van der Waals surface area contributed by atoms with Crippen molar-refractivity contribution in [2.24, 2.45) is 0 Å². The van der Waals surface area contributed by atoms with Gasteiger partial charge in [0.2, 0.25) is 0 Å². The van der Waals surface area contributed by atoms with Crippen LogP contribution in [0.5, 0.6) is 11.5 Å². The van der Waals surface area contributed by atoms with E-state index in [2.05, 4.69) is 48.0 Å². The number of amides is 1. The van der Waals surface area contributed by atoms with Gasteiger partial charge < -0.3 is 19.3 Å². The van der Waals surface area contributed by atoms with Crippen molar-refractivity contribution in [1.29, 1.82) is 0 Å². The zero-order valence-corrected chi connectivity index (χ0v) is 21.2. The lowest BCUT2D eigenvalue weighted by Crippen LogP contribution is -2.52. The molecular formula is C28H34N4O3. The molecule has 2 heterocycles. The Bertz CT molecular complexity index is 1170. The van der Waals surface area contributed by atoms with Crippen LogP contribution in [0.3, 0.4) is 0 Å². The summed E-state index contributed by atoms with van der Waals surface area (Å²) in [5, 5.41) is 8.99. The van der Waals surface area contributed by atoms with Crippen LogP contribution in [0.25, 0.3) is 11.3 Å². The van der Waals surface area contributed by atoms with Gasteiger partial charge in [0.25, 0.3) is 5.91 Å². The molecule has 1 aromatic heterocycles. The van der Waals surface area contributed by atoms with E-state index in [0.717, 1.165) is 22.8 Å². The van der Waals surface area contributed by atoms with Crippen molar-refractivity contribution in [2.45, 2.75) is 40.7 Å². The van der Waals surface area contributed by atoms with Gasteiger partial charge in [-0.25, -0.2) is 0 Å². The molecule has 4 rings (SSSR count). The number of hydrogen-bond donors (Lipinski definition) is 0. The first-order valence-corrected chi connectivity index (χ1v) is 12.2. The van der Waals surface area contributed by atoms with Gasteiger partial charge in [0.15, 0.2) is 11.9 Å². The van der Waals surface area contributed by atoms with E-state index in [4.69, 9.17) is 9.47 Å². The Morgan fingerprint density at radius 3 is 2.31 bits per heavy atom. The fraction of sp³-hybridized carbons (Fsp3) is 0.393. The standard InChI is InChI=1S/C28H34N4O3/c1-6-34-23-8-7-9-24(18-23)35-22(5)28(33)32-14-12-31(13-15-32)27-11-10-26(29-30-27)25-17-20(3)19(2)16-21(25)4/h7-11,16-18,22H,6,12-15H2,1-5H3. The summed E-state index contributed by atoms with van der Waals surface area (Å²) < 4.78 is 11.4. The van der Waals surface area contributed by atoms with E-state index in [1.807, 2.05) is 48.2 Å². The van der Waals surface area contributed by atoms with Gasteiger partial charge in [-0.1, -0.05) is 12.1 Å². The number of carbonyl (C=O) groups excluding carboxylic acids is 1. The molecule has 0 aliphatic carbocycles. The minimum atomic E-state index is -0.571. The summed E-state index contributed by atoms with van der Waals surface area (Å²) in [5.74, 6) is 2.18. The van der Waals surface area contributed by atoms with E-state index < -0.39 is 6.10 Å². The maximum atomic E-state index is 13.0. The zero-order valence-electron chi connectivity index (χ0n) is 21.2. The Morgan fingerprint density at radius 2 is 1.63 bits per heavy atom. The molecule has 0 saturated carbocycles. The molecule has 2 aromatic carbocycles. The first-order valence-electron chi connectivity index (χ1n) is 12.2. The minimum absolute atomic E-state index is 0.0156. The molecule has 3 aromatic rings. The number of anilines is 1. The number of carbonyl (C=O) groups is 1. The third-order valence-electron chi connectivity index (χ3n) is 6.46. The van der Waals surface area contributed by atoms with Gasteiger partial charge in [-0.05, 0) is 81.6 Å². The SMILES string of the molecule is CCOc1cccc(OC(C)C(=O)N2CCN(c3ccc(-c4cc(C)c(C)cc4C)nn3)CC2)c1. The van der Waals surface area contributed by atoms with Crippen molar-refractivity contribution >= 4 is 11.7 Å². The van der Waals surface area contributed by atoms with Gasteiger partial charge in [0.1, 0.15) is 11.5 Å². The molecule has 0 N–H and O–H groups in total. The Balaban J connectivity index is 1.34. The molecule has 1 aliphatic rings. The van der Waals surface area contributed by atoms with Crippen LogP contribution in [0.15, 0.2) is 48.5 Å². The van der Waals surface area contributed by atoms with E-state index in [0.29, 0.717) is 38.5 Å². The van der Waals surface area contributed by atoms with E-state index in [-0.39, 0.29) is 5.91 Å². The quantitative estimate of drug-likeness (QED) is 0.499. The molecule has 1 atom stereocenters. The largest absolute Gasteiger partial charge is 0.494 e.